The highest BCUT2D eigenvalue weighted by Crippen LogP contribution is 2.26. The Morgan fingerprint density at radius 3 is 2.91 bits per heavy atom. The van der Waals surface area contributed by atoms with E-state index < -0.39 is 0 Å². The van der Waals surface area contributed by atoms with Crippen molar-refractivity contribution in [3.8, 4) is 11.5 Å². The van der Waals surface area contributed by atoms with Crippen LogP contribution in [0.1, 0.15) is 24.8 Å². The van der Waals surface area contributed by atoms with E-state index in [0.29, 0.717) is 18.7 Å². The molecule has 1 saturated heterocycles. The summed E-state index contributed by atoms with van der Waals surface area (Å²) in [4.78, 5) is 14.1. The SMILES string of the molecule is COc1cc(CCNC(=O)N2CCCC(OC)CC2)ccc1O. The third-order valence-corrected chi connectivity index (χ3v) is 4.23. The third kappa shape index (κ3) is 5.03. The van der Waals surface area contributed by atoms with Crippen molar-refractivity contribution in [2.24, 2.45) is 0 Å². The van der Waals surface area contributed by atoms with Gasteiger partial charge in [0, 0.05) is 26.7 Å². The average Bonchev–Trinajstić information content (AvgIpc) is 2.81. The zero-order chi connectivity index (χ0) is 16.7. The summed E-state index contributed by atoms with van der Waals surface area (Å²) in [6.07, 6.45) is 3.82. The zero-order valence-corrected chi connectivity index (χ0v) is 13.9. The summed E-state index contributed by atoms with van der Waals surface area (Å²) in [7, 11) is 3.25. The van der Waals surface area contributed by atoms with Crippen LogP contribution < -0.4 is 10.1 Å². The number of methoxy groups -OCH3 is 2. The number of hydrogen-bond acceptors (Lipinski definition) is 4. The first-order valence-electron chi connectivity index (χ1n) is 8.05. The van der Waals surface area contributed by atoms with E-state index >= 15 is 0 Å². The number of benzene rings is 1. The van der Waals surface area contributed by atoms with Gasteiger partial charge in [0.2, 0.25) is 0 Å². The highest BCUT2D eigenvalue weighted by Gasteiger charge is 2.19. The van der Waals surface area contributed by atoms with Crippen LogP contribution in [-0.2, 0) is 11.2 Å². The molecule has 0 bridgehead atoms. The van der Waals surface area contributed by atoms with Gasteiger partial charge in [-0.05, 0) is 43.4 Å². The normalized spacial score (nSPS) is 18.3. The summed E-state index contributed by atoms with van der Waals surface area (Å²) >= 11 is 0. The fourth-order valence-corrected chi connectivity index (χ4v) is 2.81. The van der Waals surface area contributed by atoms with Gasteiger partial charge in [0.05, 0.1) is 13.2 Å². The van der Waals surface area contributed by atoms with Crippen LogP contribution in [0.25, 0.3) is 0 Å². The molecule has 1 aromatic carbocycles. The Morgan fingerprint density at radius 2 is 2.17 bits per heavy atom. The first-order chi connectivity index (χ1) is 11.1. The van der Waals surface area contributed by atoms with Crippen molar-refractivity contribution in [1.82, 2.24) is 10.2 Å². The van der Waals surface area contributed by atoms with Crippen LogP contribution in [0.15, 0.2) is 18.2 Å². The molecule has 1 atom stereocenters. The van der Waals surface area contributed by atoms with Crippen LogP contribution in [0.5, 0.6) is 11.5 Å². The lowest BCUT2D eigenvalue weighted by Crippen LogP contribution is -2.41. The van der Waals surface area contributed by atoms with Gasteiger partial charge >= 0.3 is 6.03 Å². The van der Waals surface area contributed by atoms with Crippen LogP contribution in [0.3, 0.4) is 0 Å². The summed E-state index contributed by atoms with van der Waals surface area (Å²) in [5.74, 6) is 0.574. The molecule has 1 heterocycles. The lowest BCUT2D eigenvalue weighted by Gasteiger charge is -2.21. The minimum Gasteiger partial charge on any atom is -0.504 e. The smallest absolute Gasteiger partial charge is 0.317 e. The quantitative estimate of drug-likeness (QED) is 0.871. The van der Waals surface area contributed by atoms with E-state index in [4.69, 9.17) is 9.47 Å². The number of rotatable bonds is 5. The van der Waals surface area contributed by atoms with Gasteiger partial charge in [-0.2, -0.15) is 0 Å². The molecule has 1 aliphatic rings. The Labute approximate surface area is 137 Å². The van der Waals surface area contributed by atoms with Gasteiger partial charge in [-0.25, -0.2) is 4.79 Å². The summed E-state index contributed by atoms with van der Waals surface area (Å²) in [5, 5.41) is 12.5. The molecule has 0 saturated carbocycles. The van der Waals surface area contributed by atoms with E-state index in [-0.39, 0.29) is 17.9 Å². The van der Waals surface area contributed by atoms with Gasteiger partial charge in [-0.3, -0.25) is 0 Å². The Balaban J connectivity index is 1.78. The van der Waals surface area contributed by atoms with Gasteiger partial charge in [0.1, 0.15) is 0 Å². The van der Waals surface area contributed by atoms with Crippen LogP contribution >= 0.6 is 0 Å². The number of nitrogens with zero attached hydrogens (tertiary/aromatic N) is 1. The van der Waals surface area contributed by atoms with E-state index in [1.165, 1.54) is 7.11 Å². The fourth-order valence-electron chi connectivity index (χ4n) is 2.81. The number of ether oxygens (including phenoxy) is 2. The molecule has 1 unspecified atom stereocenters. The van der Waals surface area contributed by atoms with Crippen molar-refractivity contribution in [1.29, 1.82) is 0 Å². The van der Waals surface area contributed by atoms with Crippen LogP contribution in [-0.4, -0.2) is 56.0 Å². The van der Waals surface area contributed by atoms with Crippen molar-refractivity contribution in [3.05, 3.63) is 23.8 Å². The molecule has 128 valence electrons. The number of amides is 2. The molecule has 0 aliphatic carbocycles. The van der Waals surface area contributed by atoms with E-state index in [2.05, 4.69) is 5.32 Å². The van der Waals surface area contributed by atoms with Crippen molar-refractivity contribution >= 4 is 6.03 Å². The predicted molar refractivity (Wildman–Crippen MR) is 88.0 cm³/mol. The Morgan fingerprint density at radius 1 is 1.35 bits per heavy atom. The molecule has 1 fully saturated rings. The number of carbonyl (C=O) groups is 1. The minimum atomic E-state index is -0.0208. The van der Waals surface area contributed by atoms with Crippen molar-refractivity contribution in [2.75, 3.05) is 33.9 Å². The minimum absolute atomic E-state index is 0.0208. The molecule has 1 aromatic rings. The van der Waals surface area contributed by atoms with Crippen LogP contribution in [0, 0.1) is 0 Å². The second-order valence-corrected chi connectivity index (χ2v) is 5.76. The van der Waals surface area contributed by atoms with Gasteiger partial charge in [-0.1, -0.05) is 6.07 Å². The Bertz CT molecular complexity index is 521. The lowest BCUT2D eigenvalue weighted by molar-refractivity contribution is 0.0906. The lowest BCUT2D eigenvalue weighted by atomic mass is 10.1. The van der Waals surface area contributed by atoms with E-state index in [9.17, 15) is 9.90 Å². The van der Waals surface area contributed by atoms with E-state index in [0.717, 1.165) is 37.9 Å². The molecule has 2 N–H and O–H groups in total. The molecule has 2 amide bonds. The standard InChI is InChI=1S/C17H26N2O4/c1-22-14-4-3-10-19(11-8-14)17(21)18-9-7-13-5-6-15(20)16(12-13)23-2/h5-6,12,14,20H,3-4,7-11H2,1-2H3,(H,18,21). The van der Waals surface area contributed by atoms with Gasteiger partial charge < -0.3 is 24.8 Å². The van der Waals surface area contributed by atoms with E-state index in [1.807, 2.05) is 11.0 Å². The number of aromatic hydroxyl groups is 1. The Kier molecular flexibility index (Phi) is 6.52. The van der Waals surface area contributed by atoms with Gasteiger partial charge in [-0.15, -0.1) is 0 Å². The van der Waals surface area contributed by atoms with Gasteiger partial charge in [0.15, 0.2) is 11.5 Å². The molecular weight excluding hydrogens is 296 g/mol. The highest BCUT2D eigenvalue weighted by molar-refractivity contribution is 5.74. The van der Waals surface area contributed by atoms with Crippen LogP contribution in [0.2, 0.25) is 0 Å². The first-order valence-corrected chi connectivity index (χ1v) is 8.05. The number of carbonyl (C=O) groups excluding carboxylic acids is 1. The third-order valence-electron chi connectivity index (χ3n) is 4.23. The predicted octanol–water partition coefficient (Wildman–Crippen LogP) is 2.15. The maximum Gasteiger partial charge on any atom is 0.317 e. The summed E-state index contributed by atoms with van der Waals surface area (Å²) < 4.78 is 10.5. The molecule has 0 radical (unpaired) electrons. The summed E-state index contributed by atoms with van der Waals surface area (Å²) in [6, 6.07) is 5.21. The topological polar surface area (TPSA) is 71.0 Å². The first kappa shape index (κ1) is 17.4. The van der Waals surface area contributed by atoms with Gasteiger partial charge in [0.25, 0.3) is 0 Å². The molecule has 6 nitrogen and oxygen atoms in total. The second-order valence-electron chi connectivity index (χ2n) is 5.76. The molecule has 0 spiro atoms. The largest absolute Gasteiger partial charge is 0.504 e. The Hall–Kier alpha value is -1.95. The average molecular weight is 322 g/mol. The molecular formula is C17H26N2O4. The molecule has 0 aromatic heterocycles. The maximum atomic E-state index is 12.2. The molecule has 23 heavy (non-hydrogen) atoms. The molecule has 6 heteroatoms. The monoisotopic (exact) mass is 322 g/mol. The number of nitrogens with one attached hydrogen (secondary N) is 1. The molecule has 1 aliphatic heterocycles. The second kappa shape index (κ2) is 8.62. The fraction of sp³-hybridized carbons (Fsp3) is 0.588. The maximum absolute atomic E-state index is 12.2. The van der Waals surface area contributed by atoms with Crippen molar-refractivity contribution in [2.45, 2.75) is 31.8 Å². The summed E-state index contributed by atoms with van der Waals surface area (Å²) in [5.41, 5.74) is 1.01. The van der Waals surface area contributed by atoms with E-state index in [1.54, 1.807) is 19.2 Å². The highest BCUT2D eigenvalue weighted by atomic mass is 16.5. The molecule has 2 rings (SSSR count). The number of phenolic OH excluding ortho intramolecular Hbond substituents is 1. The number of urea groups is 1. The van der Waals surface area contributed by atoms with Crippen LogP contribution in [0.4, 0.5) is 4.79 Å². The number of hydrogen-bond donors (Lipinski definition) is 2. The zero-order valence-electron chi connectivity index (χ0n) is 13.9. The number of phenols is 1. The summed E-state index contributed by atoms with van der Waals surface area (Å²) in [6.45, 7) is 2.06. The van der Waals surface area contributed by atoms with Crippen molar-refractivity contribution < 1.29 is 19.4 Å². The number of likely N-dealkylation sites (tertiary alicyclic amines) is 1. The van der Waals surface area contributed by atoms with Crippen molar-refractivity contribution in [3.63, 3.8) is 0 Å².